The normalized spacial score (nSPS) is 13.7. The number of aromatic nitrogens is 6. The summed E-state index contributed by atoms with van der Waals surface area (Å²) in [4.78, 5) is 24.1. The molecule has 2 aromatic heterocycles. The number of aliphatic hydroxyl groups excluding tert-OH is 3. The summed E-state index contributed by atoms with van der Waals surface area (Å²) in [6.45, 7) is 1.81. The van der Waals surface area contributed by atoms with E-state index in [2.05, 4.69) is 56.5 Å². The molecular weight excluding hydrogens is 881 g/mol. The van der Waals surface area contributed by atoms with Crippen molar-refractivity contribution in [2.24, 2.45) is 0 Å². The number of hydrogen-bond donors (Lipinski definition) is 12. The number of benzene rings is 2. The average molecular weight is 921 g/mol. The summed E-state index contributed by atoms with van der Waals surface area (Å²) in [5, 5.41) is 42.5. The molecule has 328 valence electrons. The van der Waals surface area contributed by atoms with Gasteiger partial charge in [0, 0.05) is 31.0 Å². The molecule has 3 unspecified atom stereocenters. The van der Waals surface area contributed by atoms with Crippen molar-refractivity contribution in [2.75, 3.05) is 69.5 Å². The third-order valence-electron chi connectivity index (χ3n) is 7.27. The van der Waals surface area contributed by atoms with E-state index in [1.807, 2.05) is 0 Å². The summed E-state index contributed by atoms with van der Waals surface area (Å²) in [5.74, 6) is -2.46. The molecule has 0 aliphatic heterocycles. The minimum atomic E-state index is -4.98. The van der Waals surface area contributed by atoms with Gasteiger partial charge in [0.15, 0.2) is 11.1 Å². The van der Waals surface area contributed by atoms with E-state index < -0.39 is 81.8 Å². The fourth-order valence-corrected chi connectivity index (χ4v) is 6.92. The lowest BCUT2D eigenvalue weighted by molar-refractivity contribution is 0.207. The molecule has 0 saturated carbocycles. The average Bonchev–Trinajstić information content (AvgIpc) is 3.13. The zero-order valence-electron chi connectivity index (χ0n) is 31.3. The Hall–Kier alpha value is -5.28. The van der Waals surface area contributed by atoms with Gasteiger partial charge in [-0.05, 0) is 49.2 Å². The maximum absolute atomic E-state index is 12.5. The molecule has 60 heavy (non-hydrogen) atoms. The number of hydrogen-bond acceptors (Lipinski definition) is 22. The molecule has 0 spiro atoms. The van der Waals surface area contributed by atoms with Crippen molar-refractivity contribution in [3.8, 4) is 0 Å². The van der Waals surface area contributed by atoms with Crippen molar-refractivity contribution in [1.29, 1.82) is 0 Å². The summed E-state index contributed by atoms with van der Waals surface area (Å²) in [7, 11) is -14.3. The number of rotatable bonds is 22. The lowest BCUT2D eigenvalue weighted by Gasteiger charge is -2.19. The van der Waals surface area contributed by atoms with Gasteiger partial charge in [-0.3, -0.25) is 13.7 Å². The Morgan fingerprint density at radius 2 is 1.10 bits per heavy atom. The Labute approximate surface area is 345 Å². The van der Waals surface area contributed by atoms with Crippen LogP contribution in [0.2, 0.25) is 0 Å². The number of nitrogens with one attached hydrogen (secondary N) is 5. The van der Waals surface area contributed by atoms with Gasteiger partial charge in [0.25, 0.3) is 30.4 Å². The van der Waals surface area contributed by atoms with Crippen molar-refractivity contribution >= 4 is 101 Å². The Bertz CT molecular complexity index is 2550. The number of aliphatic hydroxyl groups is 3. The van der Waals surface area contributed by atoms with E-state index in [1.54, 1.807) is 0 Å². The highest BCUT2D eigenvalue weighted by molar-refractivity contribution is 7.86. The number of anilines is 8. The molecule has 2 heterocycles. The molecule has 0 aliphatic carbocycles. The molecular formula is C30H40N12O14S4. The second kappa shape index (κ2) is 20.3. The first-order valence-electron chi connectivity index (χ1n) is 16.9. The fraction of sp³-hybridized carbons (Fsp3) is 0.333. The fourth-order valence-electron chi connectivity index (χ4n) is 4.68. The second-order valence-corrected chi connectivity index (χ2v) is 17.7. The molecule has 0 radical (unpaired) electrons. The van der Waals surface area contributed by atoms with Crippen LogP contribution in [-0.2, 0) is 41.4 Å². The van der Waals surface area contributed by atoms with Crippen LogP contribution in [0.1, 0.15) is 25.0 Å². The highest BCUT2D eigenvalue weighted by Crippen LogP contribution is 2.28. The van der Waals surface area contributed by atoms with E-state index in [-0.39, 0.29) is 77.8 Å². The highest BCUT2D eigenvalue weighted by Gasteiger charge is 2.20. The SMILES string of the molecule is CC(O)CNc1nc(NCCS(=O)(=O)O)nc(Nc2ccc(C=Cc3ccc(Nc4nc(NCC(C)O)nc(N(CO)CS(=O)O)n4)cc3S(=O)(=O)O)c(S(=O)(=O)O)c2)n1. The largest absolute Gasteiger partial charge is 0.392 e. The Kier molecular flexibility index (Phi) is 16.1. The van der Waals surface area contributed by atoms with E-state index in [0.717, 1.165) is 29.2 Å². The van der Waals surface area contributed by atoms with Crippen molar-refractivity contribution in [3.63, 3.8) is 0 Å². The molecule has 26 nitrogen and oxygen atoms in total. The van der Waals surface area contributed by atoms with Crippen molar-refractivity contribution in [3.05, 3.63) is 47.5 Å². The van der Waals surface area contributed by atoms with Crippen LogP contribution in [0.4, 0.5) is 47.1 Å². The Balaban J connectivity index is 1.67. The smallest absolute Gasteiger partial charge is 0.295 e. The first-order chi connectivity index (χ1) is 28.0. The van der Waals surface area contributed by atoms with E-state index in [4.69, 9.17) is 4.55 Å². The zero-order chi connectivity index (χ0) is 44.4. The van der Waals surface area contributed by atoms with Crippen molar-refractivity contribution in [1.82, 2.24) is 29.9 Å². The molecule has 0 bridgehead atoms. The van der Waals surface area contributed by atoms with Gasteiger partial charge in [-0.15, -0.1) is 0 Å². The van der Waals surface area contributed by atoms with Crippen LogP contribution in [0.15, 0.2) is 46.2 Å². The maximum Gasteiger partial charge on any atom is 0.295 e. The van der Waals surface area contributed by atoms with Crippen LogP contribution in [0.25, 0.3) is 12.2 Å². The van der Waals surface area contributed by atoms with E-state index in [9.17, 15) is 58.4 Å². The lowest BCUT2D eigenvalue weighted by Crippen LogP contribution is -2.30. The quantitative estimate of drug-likeness (QED) is 0.0214. The predicted octanol–water partition coefficient (Wildman–Crippen LogP) is 0.0281. The molecule has 3 atom stereocenters. The van der Waals surface area contributed by atoms with Crippen LogP contribution in [0.5, 0.6) is 0 Å². The summed E-state index contributed by atoms with van der Waals surface area (Å²) in [6.07, 6.45) is 0.584. The minimum Gasteiger partial charge on any atom is -0.392 e. The van der Waals surface area contributed by atoms with Crippen molar-refractivity contribution < 1.29 is 63.0 Å². The summed E-state index contributed by atoms with van der Waals surface area (Å²) >= 11 is -2.42. The van der Waals surface area contributed by atoms with Gasteiger partial charge in [-0.25, -0.2) is 4.21 Å². The first-order valence-corrected chi connectivity index (χ1v) is 22.7. The molecule has 12 N–H and O–H groups in total. The van der Waals surface area contributed by atoms with Crippen LogP contribution < -0.4 is 31.5 Å². The molecule has 2 aromatic carbocycles. The van der Waals surface area contributed by atoms with Gasteiger partial charge < -0.3 is 51.4 Å². The van der Waals surface area contributed by atoms with Crippen LogP contribution >= 0.6 is 0 Å². The molecule has 4 aromatic rings. The molecule has 30 heteroatoms. The third-order valence-corrected chi connectivity index (χ3v) is 10.3. The summed E-state index contributed by atoms with van der Waals surface area (Å²) in [6, 6.07) is 7.10. The van der Waals surface area contributed by atoms with E-state index in [0.29, 0.717) is 0 Å². The zero-order valence-corrected chi connectivity index (χ0v) is 34.5. The lowest BCUT2D eigenvalue weighted by atomic mass is 10.1. The van der Waals surface area contributed by atoms with Crippen molar-refractivity contribution in [2.45, 2.75) is 35.8 Å². The molecule has 0 aliphatic rings. The number of nitrogens with zero attached hydrogens (tertiary/aromatic N) is 7. The highest BCUT2D eigenvalue weighted by atomic mass is 32.2. The van der Waals surface area contributed by atoms with Gasteiger partial charge >= 0.3 is 0 Å². The van der Waals surface area contributed by atoms with Crippen LogP contribution in [0.3, 0.4) is 0 Å². The molecule has 0 amide bonds. The van der Waals surface area contributed by atoms with E-state index in [1.165, 1.54) is 38.1 Å². The Morgan fingerprint density at radius 3 is 1.52 bits per heavy atom. The van der Waals surface area contributed by atoms with Gasteiger partial charge in [0.1, 0.15) is 22.4 Å². The summed E-state index contributed by atoms with van der Waals surface area (Å²) < 4.78 is 122. The monoisotopic (exact) mass is 920 g/mol. The van der Waals surface area contributed by atoms with Gasteiger partial charge in [-0.2, -0.15) is 55.2 Å². The molecule has 4 rings (SSSR count). The third kappa shape index (κ3) is 15.1. The van der Waals surface area contributed by atoms with Gasteiger partial charge in [0.2, 0.25) is 35.7 Å². The second-order valence-electron chi connectivity index (χ2n) is 12.4. The first kappa shape index (κ1) is 47.4. The van der Waals surface area contributed by atoms with Crippen LogP contribution in [-0.4, -0.2) is 143 Å². The standard InChI is InChI=1S/C30H40N12O14S4/c1-17(44)13-32-26-36-25(31-9-10-58(48,49)50)37-28(38-26)34-21-7-5-19(23(11-21)59(51,52)53)3-4-20-6-8-22(12-24(20)60(54,55)56)35-29-39-27(33-14-18(2)45)40-30(41-29)42(15-43)16-57(46)47/h3-8,11-12,17-18,43-45H,9-10,13-16H2,1-2H3,(H,46,47)(H,48,49,50)(H,51,52,53)(H,54,55,56)(H2,33,35,39,40,41)(H3,31,32,34,36,37,38). The minimum absolute atomic E-state index is 0.00263. The van der Waals surface area contributed by atoms with E-state index >= 15 is 0 Å². The molecule has 0 fully saturated rings. The molecule has 0 saturated heterocycles. The summed E-state index contributed by atoms with van der Waals surface area (Å²) in [5.41, 5.74) is -0.326. The predicted molar refractivity (Wildman–Crippen MR) is 218 cm³/mol. The maximum atomic E-state index is 12.5. The Morgan fingerprint density at radius 1 is 0.683 bits per heavy atom. The van der Waals surface area contributed by atoms with Gasteiger partial charge in [-0.1, -0.05) is 24.3 Å². The topological polar surface area (TPSA) is 402 Å². The van der Waals surface area contributed by atoms with Crippen LogP contribution in [0, 0.1) is 0 Å². The van der Waals surface area contributed by atoms with Gasteiger partial charge in [0.05, 0.1) is 18.0 Å².